The molecule has 2 aromatic heterocycles. The Morgan fingerprint density at radius 2 is 1.60 bits per heavy atom. The molecule has 3 heteroatoms. The first-order valence-corrected chi connectivity index (χ1v) is 8.51. The highest BCUT2D eigenvalue weighted by Crippen LogP contribution is 2.35. The van der Waals surface area contributed by atoms with Gasteiger partial charge in [-0.05, 0) is 36.8 Å². The predicted octanol–water partition coefficient (Wildman–Crippen LogP) is 5.76. The molecule has 3 nitrogen and oxygen atoms in total. The first-order chi connectivity index (χ1) is 12.3. The number of fused-ring (bicyclic) bond motifs is 5. The second kappa shape index (κ2) is 5.42. The summed E-state index contributed by atoms with van der Waals surface area (Å²) < 4.78 is 6.05. The van der Waals surface area contributed by atoms with Gasteiger partial charge < -0.3 is 4.42 Å². The third-order valence-electron chi connectivity index (χ3n) is 4.66. The Morgan fingerprint density at radius 1 is 0.800 bits per heavy atom. The standard InChI is InChI=1S/C22H16N2O/c1-2-17-16-12-13-19-21(20(16)15-10-6-7-11-18(15)23-17)24-22(25-19)14-8-4-3-5-9-14/h3-13H,2H2,1H3. The van der Waals surface area contributed by atoms with Gasteiger partial charge in [0.1, 0.15) is 5.52 Å². The largest absolute Gasteiger partial charge is 0.436 e. The van der Waals surface area contributed by atoms with E-state index in [0.29, 0.717) is 5.89 Å². The van der Waals surface area contributed by atoms with Crippen LogP contribution in [-0.2, 0) is 6.42 Å². The summed E-state index contributed by atoms with van der Waals surface area (Å²) in [5, 5.41) is 3.40. The summed E-state index contributed by atoms with van der Waals surface area (Å²) in [6, 6.07) is 22.4. The van der Waals surface area contributed by atoms with Crippen LogP contribution in [0.15, 0.2) is 71.1 Å². The molecular weight excluding hydrogens is 308 g/mol. The van der Waals surface area contributed by atoms with E-state index in [9.17, 15) is 0 Å². The van der Waals surface area contributed by atoms with Crippen molar-refractivity contribution in [2.24, 2.45) is 0 Å². The molecule has 0 aliphatic heterocycles. The van der Waals surface area contributed by atoms with Crippen molar-refractivity contribution in [2.45, 2.75) is 13.3 Å². The lowest BCUT2D eigenvalue weighted by atomic mass is 10.0. The van der Waals surface area contributed by atoms with Crippen LogP contribution in [0.4, 0.5) is 0 Å². The van der Waals surface area contributed by atoms with Crippen LogP contribution in [0.25, 0.3) is 44.2 Å². The molecule has 2 heterocycles. The summed E-state index contributed by atoms with van der Waals surface area (Å²) in [7, 11) is 0. The van der Waals surface area contributed by atoms with Crippen molar-refractivity contribution in [3.05, 3.63) is 72.4 Å². The zero-order valence-electron chi connectivity index (χ0n) is 13.9. The molecule has 0 bridgehead atoms. The van der Waals surface area contributed by atoms with Gasteiger partial charge in [0.25, 0.3) is 0 Å². The van der Waals surface area contributed by atoms with Crippen LogP contribution in [0.5, 0.6) is 0 Å². The van der Waals surface area contributed by atoms with E-state index in [1.807, 2.05) is 48.5 Å². The fourth-order valence-corrected chi connectivity index (χ4v) is 3.47. The van der Waals surface area contributed by atoms with Gasteiger partial charge in [-0.1, -0.05) is 43.3 Å². The summed E-state index contributed by atoms with van der Waals surface area (Å²) in [6.45, 7) is 2.14. The van der Waals surface area contributed by atoms with E-state index in [1.165, 1.54) is 0 Å². The molecule has 0 saturated heterocycles. The molecular formula is C22H16N2O. The normalized spacial score (nSPS) is 11.6. The molecule has 0 aliphatic carbocycles. The van der Waals surface area contributed by atoms with Crippen molar-refractivity contribution in [3.63, 3.8) is 0 Å². The molecule has 0 radical (unpaired) electrons. The monoisotopic (exact) mass is 324 g/mol. The fourth-order valence-electron chi connectivity index (χ4n) is 3.47. The Hall–Kier alpha value is -3.20. The number of aromatic nitrogens is 2. The van der Waals surface area contributed by atoms with Crippen molar-refractivity contribution in [2.75, 3.05) is 0 Å². The molecule has 25 heavy (non-hydrogen) atoms. The maximum Gasteiger partial charge on any atom is 0.227 e. The van der Waals surface area contributed by atoms with Crippen LogP contribution in [0.2, 0.25) is 0 Å². The lowest BCUT2D eigenvalue weighted by Gasteiger charge is -2.08. The Labute approximate surface area is 144 Å². The van der Waals surface area contributed by atoms with Crippen LogP contribution in [-0.4, -0.2) is 9.97 Å². The second-order valence-electron chi connectivity index (χ2n) is 6.15. The molecule has 5 rings (SSSR count). The molecule has 3 aromatic carbocycles. The lowest BCUT2D eigenvalue weighted by molar-refractivity contribution is 0.620. The van der Waals surface area contributed by atoms with Gasteiger partial charge in [0.05, 0.1) is 5.52 Å². The van der Waals surface area contributed by atoms with Gasteiger partial charge in [0, 0.05) is 27.4 Å². The number of benzene rings is 3. The number of oxazole rings is 1. The average molecular weight is 324 g/mol. The summed E-state index contributed by atoms with van der Waals surface area (Å²) >= 11 is 0. The van der Waals surface area contributed by atoms with E-state index in [2.05, 4.69) is 25.1 Å². The van der Waals surface area contributed by atoms with E-state index in [1.54, 1.807) is 0 Å². The molecule has 0 N–H and O–H groups in total. The van der Waals surface area contributed by atoms with Gasteiger partial charge in [-0.3, -0.25) is 4.98 Å². The van der Waals surface area contributed by atoms with E-state index in [-0.39, 0.29) is 0 Å². The lowest BCUT2D eigenvalue weighted by Crippen LogP contribution is -1.92. The number of aryl methyl sites for hydroxylation is 1. The maximum atomic E-state index is 6.05. The predicted molar refractivity (Wildman–Crippen MR) is 102 cm³/mol. The molecule has 120 valence electrons. The van der Waals surface area contributed by atoms with Gasteiger partial charge in [-0.25, -0.2) is 4.98 Å². The Bertz CT molecular complexity index is 1220. The maximum absolute atomic E-state index is 6.05. The van der Waals surface area contributed by atoms with Crippen LogP contribution >= 0.6 is 0 Å². The number of para-hydroxylation sites is 1. The summed E-state index contributed by atoms with van der Waals surface area (Å²) in [6.07, 6.45) is 0.885. The van der Waals surface area contributed by atoms with E-state index in [4.69, 9.17) is 14.4 Å². The Kier molecular flexibility index (Phi) is 3.07. The smallest absolute Gasteiger partial charge is 0.227 e. The van der Waals surface area contributed by atoms with Crippen molar-refractivity contribution in [3.8, 4) is 11.5 Å². The molecule has 0 saturated carbocycles. The van der Waals surface area contributed by atoms with Crippen molar-refractivity contribution in [1.29, 1.82) is 0 Å². The van der Waals surface area contributed by atoms with Crippen LogP contribution in [0.1, 0.15) is 12.6 Å². The highest BCUT2D eigenvalue weighted by Gasteiger charge is 2.15. The number of hydrogen-bond acceptors (Lipinski definition) is 3. The molecule has 0 atom stereocenters. The third-order valence-corrected chi connectivity index (χ3v) is 4.66. The van der Waals surface area contributed by atoms with Crippen molar-refractivity contribution >= 4 is 32.8 Å². The SMILES string of the molecule is CCc1nc2ccccc2c2c1ccc1oc(-c3ccccc3)nc12. The van der Waals surface area contributed by atoms with Gasteiger partial charge in [-0.2, -0.15) is 0 Å². The van der Waals surface area contributed by atoms with E-state index in [0.717, 1.165) is 50.5 Å². The third kappa shape index (κ3) is 2.13. The highest BCUT2D eigenvalue weighted by atomic mass is 16.3. The zero-order chi connectivity index (χ0) is 16.8. The summed E-state index contributed by atoms with van der Waals surface area (Å²) in [5.41, 5.74) is 4.80. The molecule has 0 spiro atoms. The van der Waals surface area contributed by atoms with E-state index < -0.39 is 0 Å². The topological polar surface area (TPSA) is 38.9 Å². The molecule has 0 aliphatic rings. The number of hydrogen-bond donors (Lipinski definition) is 0. The molecule has 0 unspecified atom stereocenters. The van der Waals surface area contributed by atoms with Gasteiger partial charge in [-0.15, -0.1) is 0 Å². The second-order valence-corrected chi connectivity index (χ2v) is 6.15. The summed E-state index contributed by atoms with van der Waals surface area (Å²) in [4.78, 5) is 9.68. The minimum atomic E-state index is 0.655. The van der Waals surface area contributed by atoms with Gasteiger partial charge >= 0.3 is 0 Å². The minimum absolute atomic E-state index is 0.655. The minimum Gasteiger partial charge on any atom is -0.436 e. The number of pyridine rings is 1. The quantitative estimate of drug-likeness (QED) is 0.388. The molecule has 0 amide bonds. The van der Waals surface area contributed by atoms with Crippen LogP contribution in [0, 0.1) is 0 Å². The molecule has 0 fully saturated rings. The number of nitrogens with zero attached hydrogens (tertiary/aromatic N) is 2. The number of rotatable bonds is 2. The Balaban J connectivity index is 1.94. The highest BCUT2D eigenvalue weighted by molar-refractivity contribution is 6.18. The first kappa shape index (κ1) is 14.2. The van der Waals surface area contributed by atoms with E-state index >= 15 is 0 Å². The summed E-state index contributed by atoms with van der Waals surface area (Å²) in [5.74, 6) is 0.655. The fraction of sp³-hybridized carbons (Fsp3) is 0.0909. The molecule has 5 aromatic rings. The van der Waals surface area contributed by atoms with Crippen molar-refractivity contribution in [1.82, 2.24) is 9.97 Å². The van der Waals surface area contributed by atoms with Crippen LogP contribution < -0.4 is 0 Å². The van der Waals surface area contributed by atoms with Crippen molar-refractivity contribution < 1.29 is 4.42 Å². The van der Waals surface area contributed by atoms with Gasteiger partial charge in [0.15, 0.2) is 5.58 Å². The average Bonchev–Trinajstić information content (AvgIpc) is 3.12. The first-order valence-electron chi connectivity index (χ1n) is 8.51. The zero-order valence-corrected chi connectivity index (χ0v) is 13.9. The van der Waals surface area contributed by atoms with Crippen LogP contribution in [0.3, 0.4) is 0 Å². The van der Waals surface area contributed by atoms with Gasteiger partial charge in [0.2, 0.25) is 5.89 Å². The Morgan fingerprint density at radius 3 is 2.44 bits per heavy atom.